The predicted octanol–water partition coefficient (Wildman–Crippen LogP) is 2.59. The highest BCUT2D eigenvalue weighted by atomic mass is 16.2. The summed E-state index contributed by atoms with van der Waals surface area (Å²) in [6, 6.07) is 3.86. The first-order chi connectivity index (χ1) is 10.6. The number of hydrogen-bond acceptors (Lipinski definition) is 3. The molecule has 22 heavy (non-hydrogen) atoms. The second-order valence-electron chi connectivity index (χ2n) is 6.24. The van der Waals surface area contributed by atoms with Crippen molar-refractivity contribution in [1.82, 2.24) is 19.4 Å². The molecular formula is C17H22N4O. The van der Waals surface area contributed by atoms with Crippen molar-refractivity contribution in [3.63, 3.8) is 0 Å². The molecule has 5 nitrogen and oxygen atoms in total. The van der Waals surface area contributed by atoms with Crippen molar-refractivity contribution in [3.05, 3.63) is 48.3 Å². The van der Waals surface area contributed by atoms with Gasteiger partial charge in [-0.3, -0.25) is 9.78 Å². The summed E-state index contributed by atoms with van der Waals surface area (Å²) in [4.78, 5) is 23.0. The van der Waals surface area contributed by atoms with E-state index in [0.717, 1.165) is 18.9 Å². The molecule has 0 aliphatic carbocycles. The Balaban J connectivity index is 1.65. The number of aromatic nitrogens is 3. The molecule has 1 atom stereocenters. The minimum atomic E-state index is -0.196. The molecule has 3 rings (SSSR count). The molecule has 1 aliphatic rings. The highest BCUT2D eigenvalue weighted by molar-refractivity contribution is 5.81. The lowest BCUT2D eigenvalue weighted by atomic mass is 9.91. The van der Waals surface area contributed by atoms with Gasteiger partial charge in [-0.2, -0.15) is 0 Å². The van der Waals surface area contributed by atoms with E-state index in [0.29, 0.717) is 11.8 Å². The fourth-order valence-corrected chi connectivity index (χ4v) is 2.99. The molecule has 0 N–H and O–H groups in total. The molecule has 0 spiro atoms. The molecule has 0 unspecified atom stereocenters. The normalized spacial score (nSPS) is 16.6. The van der Waals surface area contributed by atoms with Gasteiger partial charge >= 0.3 is 0 Å². The van der Waals surface area contributed by atoms with Gasteiger partial charge in [0.2, 0.25) is 5.91 Å². The highest BCUT2D eigenvalue weighted by Gasteiger charge is 2.34. The van der Waals surface area contributed by atoms with Crippen LogP contribution in [0.3, 0.4) is 0 Å². The second-order valence-corrected chi connectivity index (χ2v) is 6.24. The van der Waals surface area contributed by atoms with Gasteiger partial charge in [-0.25, -0.2) is 4.98 Å². The Bertz CT molecular complexity index is 644. The van der Waals surface area contributed by atoms with Gasteiger partial charge in [0.05, 0.1) is 0 Å². The molecule has 0 aromatic carbocycles. The molecule has 1 amide bonds. The number of carbonyl (C=O) groups is 1. The molecule has 116 valence electrons. The van der Waals surface area contributed by atoms with Crippen LogP contribution in [0.15, 0.2) is 36.9 Å². The smallest absolute Gasteiger partial charge is 0.245 e. The van der Waals surface area contributed by atoms with Crippen LogP contribution in [-0.4, -0.2) is 38.4 Å². The van der Waals surface area contributed by atoms with Crippen LogP contribution in [0.2, 0.25) is 0 Å². The van der Waals surface area contributed by atoms with Crippen molar-refractivity contribution in [1.29, 1.82) is 0 Å². The molecule has 1 aliphatic heterocycles. The lowest BCUT2D eigenvalue weighted by Crippen LogP contribution is -2.50. The summed E-state index contributed by atoms with van der Waals surface area (Å²) in [7, 11) is 0. The van der Waals surface area contributed by atoms with Crippen molar-refractivity contribution in [2.75, 3.05) is 13.1 Å². The number of likely N-dealkylation sites (tertiary alicyclic amines) is 1. The Labute approximate surface area is 131 Å². The van der Waals surface area contributed by atoms with Gasteiger partial charge in [0, 0.05) is 49.7 Å². The summed E-state index contributed by atoms with van der Waals surface area (Å²) in [5.41, 5.74) is 1.26. The zero-order valence-electron chi connectivity index (χ0n) is 13.3. The average molecular weight is 298 g/mol. The van der Waals surface area contributed by atoms with Crippen molar-refractivity contribution >= 4 is 5.91 Å². The Morgan fingerprint density at radius 3 is 2.50 bits per heavy atom. The zero-order valence-corrected chi connectivity index (χ0v) is 13.3. The summed E-state index contributed by atoms with van der Waals surface area (Å²) in [5.74, 6) is 1.88. The fourth-order valence-electron chi connectivity index (χ4n) is 2.99. The molecule has 5 heteroatoms. The van der Waals surface area contributed by atoms with Crippen LogP contribution in [-0.2, 0) is 4.79 Å². The van der Waals surface area contributed by atoms with Crippen molar-refractivity contribution < 1.29 is 4.79 Å². The molecule has 1 saturated heterocycles. The van der Waals surface area contributed by atoms with Crippen LogP contribution in [0, 0.1) is 0 Å². The number of hydrogen-bond donors (Lipinski definition) is 0. The second kappa shape index (κ2) is 5.91. The molecule has 1 fully saturated rings. The van der Waals surface area contributed by atoms with E-state index in [2.05, 4.69) is 23.8 Å². The summed E-state index contributed by atoms with van der Waals surface area (Å²) in [6.07, 6.45) is 7.29. The van der Waals surface area contributed by atoms with E-state index in [1.54, 1.807) is 6.20 Å². The SMILES string of the molecule is CC(C)c1nccn1[C@H](C)C(=O)N1CC(c2ccncc2)C1. The quantitative estimate of drug-likeness (QED) is 0.871. The maximum atomic E-state index is 12.6. The molecule has 0 bridgehead atoms. The number of carbonyl (C=O) groups excluding carboxylic acids is 1. The van der Waals surface area contributed by atoms with Crippen LogP contribution in [0.25, 0.3) is 0 Å². The van der Waals surface area contributed by atoms with Crippen molar-refractivity contribution in [3.8, 4) is 0 Å². The van der Waals surface area contributed by atoms with Crippen LogP contribution in [0.4, 0.5) is 0 Å². The zero-order chi connectivity index (χ0) is 15.7. The third-order valence-electron chi connectivity index (χ3n) is 4.36. The number of pyridine rings is 1. The van der Waals surface area contributed by atoms with E-state index in [1.165, 1.54) is 5.56 Å². The minimum absolute atomic E-state index is 0.171. The molecule has 2 aromatic rings. The summed E-state index contributed by atoms with van der Waals surface area (Å²) in [5, 5.41) is 0. The molecule has 0 saturated carbocycles. The maximum Gasteiger partial charge on any atom is 0.245 e. The number of imidazole rings is 1. The van der Waals surface area contributed by atoms with Gasteiger partial charge in [-0.05, 0) is 24.6 Å². The van der Waals surface area contributed by atoms with Gasteiger partial charge in [-0.1, -0.05) is 13.8 Å². The highest BCUT2D eigenvalue weighted by Crippen LogP contribution is 2.29. The number of rotatable bonds is 4. The molecule has 2 aromatic heterocycles. The van der Waals surface area contributed by atoms with Crippen molar-refractivity contribution in [2.24, 2.45) is 0 Å². The van der Waals surface area contributed by atoms with Gasteiger partial charge in [-0.15, -0.1) is 0 Å². The van der Waals surface area contributed by atoms with E-state index in [4.69, 9.17) is 0 Å². The first kappa shape index (κ1) is 14.8. The third-order valence-corrected chi connectivity index (χ3v) is 4.36. The molecular weight excluding hydrogens is 276 g/mol. The summed E-state index contributed by atoms with van der Waals surface area (Å²) >= 11 is 0. The monoisotopic (exact) mass is 298 g/mol. The fraction of sp³-hybridized carbons (Fsp3) is 0.471. The van der Waals surface area contributed by atoms with E-state index >= 15 is 0 Å². The third kappa shape index (κ3) is 2.63. The number of amides is 1. The number of nitrogens with zero attached hydrogens (tertiary/aromatic N) is 4. The minimum Gasteiger partial charge on any atom is -0.340 e. The molecule has 0 radical (unpaired) electrons. The lowest BCUT2D eigenvalue weighted by Gasteiger charge is -2.41. The molecule has 3 heterocycles. The first-order valence-corrected chi connectivity index (χ1v) is 7.79. The van der Waals surface area contributed by atoms with Crippen LogP contribution < -0.4 is 0 Å². The van der Waals surface area contributed by atoms with Gasteiger partial charge in [0.1, 0.15) is 11.9 Å². The standard InChI is InChI=1S/C17H22N4O/c1-12(2)16-19-8-9-21(16)13(3)17(22)20-10-15(11-20)14-4-6-18-7-5-14/h4-9,12-13,15H,10-11H2,1-3H3/t13-/m1/s1. The van der Waals surface area contributed by atoms with Gasteiger partial charge < -0.3 is 9.47 Å². The van der Waals surface area contributed by atoms with Crippen LogP contribution in [0.5, 0.6) is 0 Å². The largest absolute Gasteiger partial charge is 0.340 e. The lowest BCUT2D eigenvalue weighted by molar-refractivity contribution is -0.138. The summed E-state index contributed by atoms with van der Waals surface area (Å²) < 4.78 is 1.99. The van der Waals surface area contributed by atoms with Crippen molar-refractivity contribution in [2.45, 2.75) is 38.6 Å². The maximum absolute atomic E-state index is 12.6. The Kier molecular flexibility index (Phi) is 3.96. The first-order valence-electron chi connectivity index (χ1n) is 7.79. The van der Waals surface area contributed by atoms with E-state index in [9.17, 15) is 4.79 Å². The van der Waals surface area contributed by atoms with Crippen LogP contribution >= 0.6 is 0 Å². The average Bonchev–Trinajstić information content (AvgIpc) is 2.95. The van der Waals surface area contributed by atoms with Gasteiger partial charge in [0.25, 0.3) is 0 Å². The van der Waals surface area contributed by atoms with E-state index in [1.807, 2.05) is 47.1 Å². The van der Waals surface area contributed by atoms with E-state index < -0.39 is 0 Å². The Morgan fingerprint density at radius 1 is 1.18 bits per heavy atom. The van der Waals surface area contributed by atoms with E-state index in [-0.39, 0.29) is 11.9 Å². The van der Waals surface area contributed by atoms with Gasteiger partial charge in [0.15, 0.2) is 0 Å². The predicted molar refractivity (Wildman–Crippen MR) is 84.6 cm³/mol. The summed E-state index contributed by atoms with van der Waals surface area (Å²) in [6.45, 7) is 7.73. The Morgan fingerprint density at radius 2 is 1.86 bits per heavy atom. The topological polar surface area (TPSA) is 51.0 Å². The van der Waals surface area contributed by atoms with Crippen LogP contribution in [0.1, 0.15) is 50.0 Å². The Hall–Kier alpha value is -2.17.